The number of aliphatic hydroxyl groups is 1. The molecule has 0 bridgehead atoms. The van der Waals surface area contributed by atoms with E-state index in [2.05, 4.69) is 15.9 Å². The van der Waals surface area contributed by atoms with Crippen LogP contribution >= 0.6 is 27.5 Å². The average Bonchev–Trinajstić information content (AvgIpc) is 2.74. The van der Waals surface area contributed by atoms with Gasteiger partial charge in [-0.25, -0.2) is 0 Å². The van der Waals surface area contributed by atoms with Gasteiger partial charge in [0.2, 0.25) is 5.75 Å². The van der Waals surface area contributed by atoms with E-state index in [-0.39, 0.29) is 23.1 Å². The molecule has 19 heavy (non-hydrogen) atoms. The van der Waals surface area contributed by atoms with Crippen molar-refractivity contribution in [1.82, 2.24) is 0 Å². The summed E-state index contributed by atoms with van der Waals surface area (Å²) in [6, 6.07) is 2.77. The number of halogens is 2. The van der Waals surface area contributed by atoms with Gasteiger partial charge in [-0.3, -0.25) is 10.1 Å². The Bertz CT molecular complexity index is 503. The summed E-state index contributed by atoms with van der Waals surface area (Å²) in [6.07, 6.45) is 3.21. The van der Waals surface area contributed by atoms with Crippen LogP contribution in [0.3, 0.4) is 0 Å². The maximum absolute atomic E-state index is 11.0. The summed E-state index contributed by atoms with van der Waals surface area (Å²) in [5, 5.41) is 21.4. The Balaban J connectivity index is 2.21. The Morgan fingerprint density at radius 3 is 2.68 bits per heavy atom. The quantitative estimate of drug-likeness (QED) is 0.664. The van der Waals surface area contributed by atoms with Gasteiger partial charge in [0.1, 0.15) is 6.61 Å². The van der Waals surface area contributed by atoms with Crippen LogP contribution in [0.5, 0.6) is 5.75 Å². The van der Waals surface area contributed by atoms with Crippen molar-refractivity contribution in [3.8, 4) is 5.75 Å². The van der Waals surface area contributed by atoms with E-state index in [1.807, 2.05) is 0 Å². The Kier molecular flexibility index (Phi) is 4.32. The molecule has 0 amide bonds. The lowest BCUT2D eigenvalue weighted by molar-refractivity contribution is -0.386. The van der Waals surface area contributed by atoms with E-state index in [4.69, 9.17) is 16.3 Å². The van der Waals surface area contributed by atoms with Gasteiger partial charge in [0.05, 0.1) is 15.0 Å². The summed E-state index contributed by atoms with van der Waals surface area (Å²) < 4.78 is 5.88. The molecule has 1 aliphatic carbocycles. The fourth-order valence-corrected chi connectivity index (χ4v) is 3.12. The number of rotatable bonds is 4. The summed E-state index contributed by atoms with van der Waals surface area (Å²) in [4.78, 5) is 10.4. The Morgan fingerprint density at radius 2 is 2.11 bits per heavy atom. The maximum Gasteiger partial charge on any atom is 0.313 e. The summed E-state index contributed by atoms with van der Waals surface area (Å²) in [6.45, 7) is 0.0497. The lowest BCUT2D eigenvalue weighted by atomic mass is 10.0. The van der Waals surface area contributed by atoms with Crippen molar-refractivity contribution >= 4 is 33.2 Å². The van der Waals surface area contributed by atoms with E-state index in [1.165, 1.54) is 12.1 Å². The SMILES string of the molecule is O=[N+]([O-])c1cc(Cl)cc(Br)c1OCC1(O)CCCC1. The van der Waals surface area contributed by atoms with Gasteiger partial charge in [-0.05, 0) is 34.8 Å². The van der Waals surface area contributed by atoms with Gasteiger partial charge in [-0.1, -0.05) is 24.4 Å². The number of hydrogen-bond acceptors (Lipinski definition) is 4. The van der Waals surface area contributed by atoms with E-state index in [0.717, 1.165) is 12.8 Å². The van der Waals surface area contributed by atoms with Crippen molar-refractivity contribution < 1.29 is 14.8 Å². The molecule has 2 rings (SSSR count). The van der Waals surface area contributed by atoms with Gasteiger partial charge < -0.3 is 9.84 Å². The van der Waals surface area contributed by atoms with E-state index in [1.54, 1.807) is 0 Å². The van der Waals surface area contributed by atoms with Crippen LogP contribution in [0.4, 0.5) is 5.69 Å². The zero-order chi connectivity index (χ0) is 14.0. The van der Waals surface area contributed by atoms with Crippen LogP contribution in [0.1, 0.15) is 25.7 Å². The van der Waals surface area contributed by atoms with Gasteiger partial charge in [0.15, 0.2) is 0 Å². The van der Waals surface area contributed by atoms with E-state index in [9.17, 15) is 15.2 Å². The molecule has 1 N–H and O–H groups in total. The van der Waals surface area contributed by atoms with Crippen LogP contribution in [-0.4, -0.2) is 22.2 Å². The van der Waals surface area contributed by atoms with Crippen molar-refractivity contribution in [3.63, 3.8) is 0 Å². The molecule has 0 saturated heterocycles. The molecule has 0 heterocycles. The molecule has 1 fully saturated rings. The fraction of sp³-hybridized carbons (Fsp3) is 0.500. The number of nitro groups is 1. The minimum atomic E-state index is -0.882. The van der Waals surface area contributed by atoms with E-state index < -0.39 is 10.5 Å². The molecular weight excluding hydrogens is 337 g/mol. The minimum absolute atomic E-state index is 0.0497. The first-order chi connectivity index (χ1) is 8.91. The lowest BCUT2D eigenvalue weighted by Crippen LogP contribution is -2.32. The standard InChI is InChI=1S/C12H13BrClNO4/c13-9-5-8(14)6-10(15(17)18)11(9)19-7-12(16)3-1-2-4-12/h5-6,16H,1-4,7H2. The summed E-state index contributed by atoms with van der Waals surface area (Å²) in [5.41, 5.74) is -1.09. The highest BCUT2D eigenvalue weighted by atomic mass is 79.9. The first-order valence-electron chi connectivity index (χ1n) is 5.90. The minimum Gasteiger partial charge on any atom is -0.483 e. The van der Waals surface area contributed by atoms with Crippen molar-refractivity contribution in [1.29, 1.82) is 0 Å². The van der Waals surface area contributed by atoms with Gasteiger partial charge in [-0.15, -0.1) is 0 Å². The number of nitrogens with zero attached hydrogens (tertiary/aromatic N) is 1. The highest BCUT2D eigenvalue weighted by molar-refractivity contribution is 9.10. The zero-order valence-electron chi connectivity index (χ0n) is 10.1. The molecule has 0 unspecified atom stereocenters. The third-order valence-electron chi connectivity index (χ3n) is 3.20. The molecule has 1 aromatic rings. The summed E-state index contributed by atoms with van der Waals surface area (Å²) >= 11 is 8.98. The Labute approximate surface area is 123 Å². The largest absolute Gasteiger partial charge is 0.483 e. The van der Waals surface area contributed by atoms with Crippen molar-refractivity contribution in [3.05, 3.63) is 31.7 Å². The number of ether oxygens (including phenoxy) is 1. The fourth-order valence-electron chi connectivity index (χ4n) is 2.21. The molecule has 0 aliphatic heterocycles. The molecule has 7 heteroatoms. The molecule has 1 saturated carbocycles. The van der Waals surface area contributed by atoms with Gasteiger partial charge in [0, 0.05) is 11.1 Å². The smallest absolute Gasteiger partial charge is 0.313 e. The van der Waals surface area contributed by atoms with Gasteiger partial charge in [0.25, 0.3) is 0 Å². The van der Waals surface area contributed by atoms with Crippen molar-refractivity contribution in [2.24, 2.45) is 0 Å². The molecule has 1 aliphatic rings. The molecule has 0 aromatic heterocycles. The van der Waals surface area contributed by atoms with Crippen molar-refractivity contribution in [2.45, 2.75) is 31.3 Å². The zero-order valence-corrected chi connectivity index (χ0v) is 12.4. The first kappa shape index (κ1) is 14.6. The molecule has 104 valence electrons. The molecule has 0 radical (unpaired) electrons. The van der Waals surface area contributed by atoms with Crippen LogP contribution in [0.15, 0.2) is 16.6 Å². The normalized spacial score (nSPS) is 17.4. The highest BCUT2D eigenvalue weighted by Gasteiger charge is 2.33. The van der Waals surface area contributed by atoms with Gasteiger partial charge in [-0.2, -0.15) is 0 Å². The molecule has 0 spiro atoms. The summed E-state index contributed by atoms with van der Waals surface area (Å²) in [5.74, 6) is 0.106. The second-order valence-corrected chi connectivity index (χ2v) is 6.00. The average molecular weight is 351 g/mol. The molecule has 1 aromatic carbocycles. The second-order valence-electron chi connectivity index (χ2n) is 4.71. The Morgan fingerprint density at radius 1 is 1.47 bits per heavy atom. The van der Waals surface area contributed by atoms with Crippen LogP contribution in [0.25, 0.3) is 0 Å². The third-order valence-corrected chi connectivity index (χ3v) is 4.01. The topological polar surface area (TPSA) is 72.6 Å². The first-order valence-corrected chi connectivity index (χ1v) is 7.07. The van der Waals surface area contributed by atoms with E-state index >= 15 is 0 Å². The number of hydrogen-bond donors (Lipinski definition) is 1. The van der Waals surface area contributed by atoms with Gasteiger partial charge >= 0.3 is 5.69 Å². The van der Waals surface area contributed by atoms with Crippen molar-refractivity contribution in [2.75, 3.05) is 6.61 Å². The monoisotopic (exact) mass is 349 g/mol. The predicted molar refractivity (Wildman–Crippen MR) is 74.7 cm³/mol. The number of nitro benzene ring substituents is 1. The lowest BCUT2D eigenvalue weighted by Gasteiger charge is -2.22. The molecule has 5 nitrogen and oxygen atoms in total. The predicted octanol–water partition coefficient (Wildman–Crippen LogP) is 3.69. The van der Waals surface area contributed by atoms with E-state index in [0.29, 0.717) is 17.3 Å². The third kappa shape index (κ3) is 3.38. The highest BCUT2D eigenvalue weighted by Crippen LogP contribution is 2.39. The Hall–Kier alpha value is -0.850. The van der Waals surface area contributed by atoms with Crippen LogP contribution in [0, 0.1) is 10.1 Å². The van der Waals surface area contributed by atoms with Crippen LogP contribution in [-0.2, 0) is 0 Å². The number of benzene rings is 1. The second kappa shape index (κ2) is 5.64. The maximum atomic E-state index is 11.0. The molecule has 0 atom stereocenters. The summed E-state index contributed by atoms with van der Waals surface area (Å²) in [7, 11) is 0. The molecular formula is C12H13BrClNO4. The van der Waals surface area contributed by atoms with Crippen LogP contribution < -0.4 is 4.74 Å². The van der Waals surface area contributed by atoms with Crippen LogP contribution in [0.2, 0.25) is 5.02 Å².